The molecule has 0 fully saturated rings. The summed E-state index contributed by atoms with van der Waals surface area (Å²) in [7, 11) is 0. The molecular weight excluding hydrogens is 516 g/mol. The minimum atomic E-state index is -0.405. The zero-order valence-electron chi connectivity index (χ0n) is 16.5. The van der Waals surface area contributed by atoms with Crippen molar-refractivity contribution in [2.75, 3.05) is 0 Å². The van der Waals surface area contributed by atoms with Gasteiger partial charge in [0.1, 0.15) is 0 Å². The van der Waals surface area contributed by atoms with Crippen molar-refractivity contribution in [1.29, 1.82) is 0 Å². The van der Waals surface area contributed by atoms with Crippen molar-refractivity contribution in [1.82, 2.24) is 7.12 Å². The molecule has 0 spiro atoms. The molecule has 2 heterocycles. The van der Waals surface area contributed by atoms with Crippen molar-refractivity contribution < 1.29 is 4.92 Å². The van der Waals surface area contributed by atoms with Crippen LogP contribution in [0.5, 0.6) is 0 Å². The Bertz CT molecular complexity index is 1350. The Hall–Kier alpha value is -2.18. The predicted octanol–water partition coefficient (Wildman–Crippen LogP) is 2.91. The van der Waals surface area contributed by atoms with Crippen molar-refractivity contribution in [3.05, 3.63) is 72.8 Å². The number of aryl methyl sites for hydroxylation is 3. The average molecular weight is 537 g/mol. The quantitative estimate of drug-likeness (QED) is 0.150. The molecule has 0 radical (unpaired) electrons. The molecule has 0 N–H and O–H groups in total. The number of fused-ring (bicyclic) bond motifs is 2. The van der Waals surface area contributed by atoms with Crippen LogP contribution in [0.25, 0.3) is 19.3 Å². The van der Waals surface area contributed by atoms with Gasteiger partial charge >= 0.3 is 185 Å². The van der Waals surface area contributed by atoms with E-state index in [-0.39, 0.29) is 46.3 Å². The molecule has 0 saturated heterocycles. The van der Waals surface area contributed by atoms with Crippen LogP contribution in [0.1, 0.15) is 31.2 Å². The zero-order chi connectivity index (χ0) is 21.3. The van der Waals surface area contributed by atoms with Crippen LogP contribution in [0.4, 0.5) is 5.69 Å². The van der Waals surface area contributed by atoms with Gasteiger partial charge in [0.25, 0.3) is 0 Å². The molecule has 156 valence electrons. The van der Waals surface area contributed by atoms with E-state index < -0.39 is 4.92 Å². The summed E-state index contributed by atoms with van der Waals surface area (Å²) in [5.74, 6) is 0. The summed E-state index contributed by atoms with van der Waals surface area (Å²) in [4.78, 5) is 35.8. The van der Waals surface area contributed by atoms with Crippen LogP contribution in [-0.2, 0) is 13.1 Å². The van der Waals surface area contributed by atoms with E-state index in [0.29, 0.717) is 16.2 Å². The maximum atomic E-state index is 12.5. The second-order valence-corrected chi connectivity index (χ2v) is 11.7. The van der Waals surface area contributed by atoms with E-state index in [1.165, 1.54) is 15.9 Å². The van der Waals surface area contributed by atoms with E-state index >= 15 is 0 Å². The molecule has 9 heteroatoms. The van der Waals surface area contributed by atoms with Gasteiger partial charge in [-0.15, -0.1) is 0 Å². The number of non-ortho nitro benzene ring substituents is 1. The van der Waals surface area contributed by atoms with Crippen molar-refractivity contribution in [3.63, 3.8) is 0 Å². The van der Waals surface area contributed by atoms with Gasteiger partial charge in [-0.3, -0.25) is 0 Å². The van der Waals surface area contributed by atoms with Gasteiger partial charge in [0.05, 0.1) is 0 Å². The van der Waals surface area contributed by atoms with Crippen LogP contribution in [0, 0.1) is 17.0 Å². The van der Waals surface area contributed by atoms with Crippen LogP contribution >= 0.6 is 0 Å². The molecule has 0 unspecified atom stereocenters. The Labute approximate surface area is 184 Å². The number of aromatic nitrogens is 2. The molecule has 0 bridgehead atoms. The van der Waals surface area contributed by atoms with Crippen LogP contribution < -0.4 is 11.1 Å². The van der Waals surface area contributed by atoms with E-state index in [4.69, 9.17) is 0 Å². The van der Waals surface area contributed by atoms with Crippen LogP contribution in [0.3, 0.4) is 0 Å². The Balaban J connectivity index is 1.32. The molecule has 4 rings (SSSR count). The normalized spacial score (nSPS) is 11.5. The molecule has 0 saturated carbocycles. The van der Waals surface area contributed by atoms with Gasteiger partial charge in [-0.2, -0.15) is 0 Å². The molecule has 0 amide bonds. The van der Waals surface area contributed by atoms with E-state index in [9.17, 15) is 19.7 Å². The predicted molar refractivity (Wildman–Crippen MR) is 120 cm³/mol. The molecular formula is C21H21N3O4Se2. The third-order valence-electron chi connectivity index (χ3n) is 5.12. The topological polar surface area (TPSA) is 87.1 Å². The minimum absolute atomic E-state index is 0.0525. The fourth-order valence-corrected chi connectivity index (χ4v) is 8.26. The summed E-state index contributed by atoms with van der Waals surface area (Å²) in [5.41, 5.74) is 1.30. The Morgan fingerprint density at radius 2 is 1.57 bits per heavy atom. The molecule has 2 aromatic carbocycles. The van der Waals surface area contributed by atoms with Crippen LogP contribution in [0.15, 0.2) is 46.0 Å². The van der Waals surface area contributed by atoms with Crippen molar-refractivity contribution in [2.24, 2.45) is 0 Å². The van der Waals surface area contributed by atoms with Crippen LogP contribution in [-0.4, -0.2) is 41.5 Å². The first kappa shape index (κ1) is 21.1. The summed E-state index contributed by atoms with van der Waals surface area (Å²) >= 11 is -0.256. The third kappa shape index (κ3) is 4.16. The van der Waals surface area contributed by atoms with E-state index in [0.717, 1.165) is 37.6 Å². The van der Waals surface area contributed by atoms with Gasteiger partial charge in [-0.1, -0.05) is 0 Å². The summed E-state index contributed by atoms with van der Waals surface area (Å²) < 4.78 is 5.50. The first-order chi connectivity index (χ1) is 14.5. The first-order valence-corrected chi connectivity index (χ1v) is 13.1. The SMILES string of the molecule is Cc1ccc2c(=O)n(CCCCCCn3[se]c4c([N+](=O)[O-])cccc4c3=O)[se]c2c1. The fourth-order valence-electron chi connectivity index (χ4n) is 3.55. The second kappa shape index (κ2) is 8.90. The molecule has 0 aliphatic heterocycles. The number of benzene rings is 2. The average Bonchev–Trinajstić information content (AvgIpc) is 3.21. The third-order valence-corrected chi connectivity index (χ3v) is 9.92. The Kier molecular flexibility index (Phi) is 6.25. The molecule has 30 heavy (non-hydrogen) atoms. The number of hydrogen-bond acceptors (Lipinski definition) is 4. The van der Waals surface area contributed by atoms with Crippen molar-refractivity contribution in [3.8, 4) is 0 Å². The van der Waals surface area contributed by atoms with Gasteiger partial charge in [0, 0.05) is 0 Å². The molecule has 2 aromatic heterocycles. The number of rotatable bonds is 8. The van der Waals surface area contributed by atoms with Gasteiger partial charge in [0.15, 0.2) is 0 Å². The van der Waals surface area contributed by atoms with Gasteiger partial charge in [-0.05, 0) is 0 Å². The van der Waals surface area contributed by atoms with Gasteiger partial charge in [0.2, 0.25) is 0 Å². The summed E-state index contributed by atoms with van der Waals surface area (Å²) in [6.45, 7) is 3.45. The monoisotopic (exact) mass is 539 g/mol. The Morgan fingerprint density at radius 3 is 2.27 bits per heavy atom. The van der Waals surface area contributed by atoms with Crippen molar-refractivity contribution in [2.45, 2.75) is 45.7 Å². The Morgan fingerprint density at radius 1 is 0.900 bits per heavy atom. The molecule has 0 aliphatic carbocycles. The van der Waals surface area contributed by atoms with Gasteiger partial charge < -0.3 is 0 Å². The molecule has 0 aliphatic rings. The number of nitro benzene ring substituents is 1. The number of unbranched alkanes of at least 4 members (excludes halogenated alkanes) is 3. The molecule has 0 atom stereocenters. The fraction of sp³-hybridized carbons (Fsp3) is 0.333. The maximum absolute atomic E-state index is 12.5. The summed E-state index contributed by atoms with van der Waals surface area (Å²) in [6.07, 6.45) is 3.79. The van der Waals surface area contributed by atoms with E-state index in [2.05, 4.69) is 6.07 Å². The summed E-state index contributed by atoms with van der Waals surface area (Å²) in [6, 6.07) is 10.8. The van der Waals surface area contributed by atoms with E-state index in [1.807, 2.05) is 22.6 Å². The number of hydrogen-bond donors (Lipinski definition) is 0. The standard InChI is InChI=1S/C21H21N3O4Se2/c1-14-9-10-15-18(13-14)29-22(20(15)25)11-4-2-3-5-12-23-21(26)16-7-6-8-17(24(27)28)19(16)30-23/h6-10,13H,2-5,11-12H2,1H3. The number of nitrogens with zero attached hydrogens (tertiary/aromatic N) is 3. The van der Waals surface area contributed by atoms with E-state index in [1.54, 1.807) is 15.7 Å². The second-order valence-electron chi connectivity index (χ2n) is 7.32. The number of nitro groups is 1. The summed E-state index contributed by atoms with van der Waals surface area (Å²) in [5, 5.41) is 12.5. The molecule has 4 aromatic rings. The van der Waals surface area contributed by atoms with Crippen molar-refractivity contribution >= 4 is 54.4 Å². The first-order valence-electron chi connectivity index (χ1n) is 9.83. The zero-order valence-corrected chi connectivity index (χ0v) is 19.9. The molecule has 7 nitrogen and oxygen atoms in total. The van der Waals surface area contributed by atoms with Gasteiger partial charge in [-0.25, -0.2) is 0 Å². The van der Waals surface area contributed by atoms with Crippen LogP contribution in [0.2, 0.25) is 0 Å².